The smallest absolute Gasteiger partial charge is 0.322 e. The first-order valence-corrected chi connectivity index (χ1v) is 13.0. The van der Waals surface area contributed by atoms with Crippen molar-refractivity contribution < 1.29 is 23.1 Å². The molecule has 37 heavy (non-hydrogen) atoms. The van der Waals surface area contributed by atoms with E-state index in [-0.39, 0.29) is 24.7 Å². The number of pyridine rings is 1. The van der Waals surface area contributed by atoms with Crippen LogP contribution in [0, 0.1) is 29.2 Å². The van der Waals surface area contributed by atoms with Crippen LogP contribution in [0.3, 0.4) is 0 Å². The Bertz CT molecular complexity index is 1350. The Hall–Kier alpha value is -3.97. The second-order valence-electron chi connectivity index (χ2n) is 8.76. The number of aliphatic carboxylic acids is 1. The number of rotatable bonds is 7. The fourth-order valence-corrected chi connectivity index (χ4v) is 5.12. The van der Waals surface area contributed by atoms with Crippen LogP contribution in [-0.4, -0.2) is 78.9 Å². The van der Waals surface area contributed by atoms with Gasteiger partial charge < -0.3 is 10.0 Å². The lowest BCUT2D eigenvalue weighted by molar-refractivity contribution is -0.140. The average molecular weight is 525 g/mol. The Morgan fingerprint density at radius 1 is 1.08 bits per heavy atom. The number of hydrogen-bond donors (Lipinski definition) is 2. The first-order chi connectivity index (χ1) is 17.5. The number of nitriles is 1. The van der Waals surface area contributed by atoms with Crippen molar-refractivity contribution in [3.8, 4) is 18.0 Å². The normalized spacial score (nSPS) is 14.8. The largest absolute Gasteiger partial charge is 0.480 e. The van der Waals surface area contributed by atoms with E-state index in [1.165, 1.54) is 23.6 Å². The van der Waals surface area contributed by atoms with Gasteiger partial charge in [-0.2, -0.15) is 22.7 Å². The van der Waals surface area contributed by atoms with Crippen molar-refractivity contribution in [2.75, 3.05) is 38.1 Å². The summed E-state index contributed by atoms with van der Waals surface area (Å²) in [7, 11) is -2.56. The molecule has 2 N–H and O–H groups in total. The predicted octanol–water partition coefficient (Wildman–Crippen LogP) is 1.10. The van der Waals surface area contributed by atoms with Gasteiger partial charge in [0.15, 0.2) is 6.19 Å². The molecule has 1 aliphatic heterocycles. The van der Waals surface area contributed by atoms with E-state index in [1.54, 1.807) is 26.1 Å². The lowest BCUT2D eigenvalue weighted by Crippen LogP contribution is -2.55. The summed E-state index contributed by atoms with van der Waals surface area (Å²) in [4.78, 5) is 30.4. The molecular formula is C25H28N6O5S. The molecule has 12 heteroatoms. The van der Waals surface area contributed by atoms with Crippen molar-refractivity contribution in [3.63, 3.8) is 0 Å². The van der Waals surface area contributed by atoms with Crippen molar-refractivity contribution in [1.82, 2.24) is 18.9 Å². The van der Waals surface area contributed by atoms with Gasteiger partial charge in [0.1, 0.15) is 11.7 Å². The Labute approximate surface area is 216 Å². The van der Waals surface area contributed by atoms with Crippen LogP contribution >= 0.6 is 0 Å². The third kappa shape index (κ3) is 7.05. The summed E-state index contributed by atoms with van der Waals surface area (Å²) in [5.41, 5.74) is 2.38. The summed E-state index contributed by atoms with van der Waals surface area (Å²) in [5.74, 6) is 3.92. The minimum Gasteiger partial charge on any atom is -0.480 e. The van der Waals surface area contributed by atoms with Gasteiger partial charge in [0.25, 0.3) is 16.1 Å². The molecule has 0 saturated carbocycles. The van der Waals surface area contributed by atoms with Gasteiger partial charge in [-0.25, -0.2) is 4.90 Å². The van der Waals surface area contributed by atoms with Crippen molar-refractivity contribution in [1.29, 1.82) is 5.26 Å². The number of nitrogens with one attached hydrogen (secondary N) is 1. The van der Waals surface area contributed by atoms with Gasteiger partial charge in [0.05, 0.1) is 0 Å². The molecule has 0 radical (unpaired) electrons. The highest BCUT2D eigenvalue weighted by Gasteiger charge is 2.32. The number of carboxylic acids is 1. The molecule has 3 rings (SSSR count). The Kier molecular flexibility index (Phi) is 8.84. The van der Waals surface area contributed by atoms with Crippen LogP contribution in [0.1, 0.15) is 35.5 Å². The Morgan fingerprint density at radius 3 is 2.27 bits per heavy atom. The zero-order valence-electron chi connectivity index (χ0n) is 20.7. The monoisotopic (exact) mass is 524 g/mol. The minimum absolute atomic E-state index is 0.130. The molecule has 2 heterocycles. The molecule has 1 aromatic carbocycles. The number of amides is 1. The summed E-state index contributed by atoms with van der Waals surface area (Å²) < 4.78 is 28.9. The van der Waals surface area contributed by atoms with Gasteiger partial charge in [0.2, 0.25) is 0 Å². The summed E-state index contributed by atoms with van der Waals surface area (Å²) in [6, 6.07) is 9.51. The molecule has 0 spiro atoms. The highest BCUT2D eigenvalue weighted by atomic mass is 32.2. The molecule has 2 aromatic rings. The van der Waals surface area contributed by atoms with Crippen molar-refractivity contribution in [3.05, 3.63) is 59.4 Å². The maximum Gasteiger partial charge on any atom is 0.322 e. The second-order valence-corrected chi connectivity index (χ2v) is 10.5. The van der Waals surface area contributed by atoms with Crippen LogP contribution < -0.4 is 9.62 Å². The number of piperazine rings is 1. The SMILES string of the molecule is CC(C)[C@@H](NS(=O)(=O)N1CCN(c2ccc(C#Cc3ccnc(C(=O)N(C)C#N)c3)cc2)CC1)C(=O)O. The quantitative estimate of drug-likeness (QED) is 0.311. The van der Waals surface area contributed by atoms with Crippen LogP contribution in [0.5, 0.6) is 0 Å². The first-order valence-electron chi connectivity index (χ1n) is 11.5. The van der Waals surface area contributed by atoms with E-state index in [0.717, 1.165) is 16.2 Å². The van der Waals surface area contributed by atoms with E-state index in [2.05, 4.69) is 21.5 Å². The van der Waals surface area contributed by atoms with E-state index >= 15 is 0 Å². The Morgan fingerprint density at radius 2 is 1.70 bits per heavy atom. The number of nitrogens with zero attached hydrogens (tertiary/aromatic N) is 5. The van der Waals surface area contributed by atoms with E-state index in [1.807, 2.05) is 29.2 Å². The number of benzene rings is 1. The lowest BCUT2D eigenvalue weighted by Gasteiger charge is -2.36. The van der Waals surface area contributed by atoms with Gasteiger partial charge in [-0.15, -0.1) is 0 Å². The molecule has 194 valence electrons. The van der Waals surface area contributed by atoms with Gasteiger partial charge >= 0.3 is 5.97 Å². The molecule has 1 saturated heterocycles. The van der Waals surface area contributed by atoms with E-state index in [4.69, 9.17) is 5.26 Å². The molecule has 0 aliphatic carbocycles. The summed E-state index contributed by atoms with van der Waals surface area (Å²) in [6.07, 6.45) is 3.21. The number of carbonyl (C=O) groups excluding carboxylic acids is 1. The number of aromatic nitrogens is 1. The van der Waals surface area contributed by atoms with Gasteiger partial charge in [-0.3, -0.25) is 14.6 Å². The summed E-state index contributed by atoms with van der Waals surface area (Å²) in [6.45, 7) is 4.67. The molecule has 1 amide bonds. The third-order valence-corrected chi connectivity index (χ3v) is 7.40. The fraction of sp³-hybridized carbons (Fsp3) is 0.360. The Balaban J connectivity index is 1.62. The number of carboxylic acid groups (broad SMARTS) is 1. The molecule has 1 fully saturated rings. The molecule has 0 bridgehead atoms. The molecular weight excluding hydrogens is 496 g/mol. The fourth-order valence-electron chi connectivity index (χ4n) is 3.64. The number of hydrogen-bond acceptors (Lipinski definition) is 7. The molecule has 1 aliphatic rings. The van der Waals surface area contributed by atoms with Crippen LogP contribution in [0.4, 0.5) is 5.69 Å². The van der Waals surface area contributed by atoms with Crippen LogP contribution in [-0.2, 0) is 15.0 Å². The van der Waals surface area contributed by atoms with Crippen molar-refractivity contribution in [2.45, 2.75) is 19.9 Å². The molecule has 11 nitrogen and oxygen atoms in total. The molecule has 1 aromatic heterocycles. The lowest BCUT2D eigenvalue weighted by atomic mass is 10.1. The third-order valence-electron chi connectivity index (χ3n) is 5.80. The average Bonchev–Trinajstić information content (AvgIpc) is 2.90. The molecule has 0 unspecified atom stereocenters. The number of anilines is 1. The van der Waals surface area contributed by atoms with Gasteiger partial charge in [-0.05, 0) is 42.3 Å². The maximum atomic E-state index is 12.7. The molecule has 1 atom stereocenters. The van der Waals surface area contributed by atoms with E-state index in [0.29, 0.717) is 18.7 Å². The maximum absolute atomic E-state index is 12.7. The summed E-state index contributed by atoms with van der Waals surface area (Å²) in [5, 5.41) is 18.2. The van der Waals surface area contributed by atoms with E-state index in [9.17, 15) is 23.1 Å². The standard InChI is InChI=1S/C25H28N6O5S/c1-18(2)23(25(33)34)28-37(35,36)31-14-12-30(13-15-31)21-8-6-19(7-9-21)4-5-20-10-11-27-22(16-20)24(32)29(3)17-26/h6-11,16,18,23,28H,12-15H2,1-3H3,(H,33,34)/t23-/m1/s1. The van der Waals surface area contributed by atoms with Gasteiger partial charge in [0, 0.05) is 56.2 Å². The summed E-state index contributed by atoms with van der Waals surface area (Å²) >= 11 is 0. The highest BCUT2D eigenvalue weighted by molar-refractivity contribution is 7.87. The van der Waals surface area contributed by atoms with Gasteiger partial charge in [-0.1, -0.05) is 25.7 Å². The van der Waals surface area contributed by atoms with Crippen LogP contribution in [0.25, 0.3) is 0 Å². The minimum atomic E-state index is -3.92. The van der Waals surface area contributed by atoms with Crippen molar-refractivity contribution >= 4 is 27.8 Å². The topological polar surface area (TPSA) is 147 Å². The second kappa shape index (κ2) is 11.8. The van der Waals surface area contributed by atoms with Crippen molar-refractivity contribution in [2.24, 2.45) is 5.92 Å². The highest BCUT2D eigenvalue weighted by Crippen LogP contribution is 2.19. The first kappa shape index (κ1) is 27.6. The number of carbonyl (C=O) groups is 2. The van der Waals surface area contributed by atoms with Crippen LogP contribution in [0.15, 0.2) is 42.6 Å². The van der Waals surface area contributed by atoms with Crippen LogP contribution in [0.2, 0.25) is 0 Å². The zero-order chi connectivity index (χ0) is 27.2. The zero-order valence-corrected chi connectivity index (χ0v) is 21.6. The van der Waals surface area contributed by atoms with E-state index < -0.39 is 28.1 Å². The predicted molar refractivity (Wildman–Crippen MR) is 136 cm³/mol.